The fourth-order valence-corrected chi connectivity index (χ4v) is 1.38. The monoisotopic (exact) mass is 215 g/mol. The quantitative estimate of drug-likeness (QED) is 0.559. The molecule has 2 heteroatoms. The van der Waals surface area contributed by atoms with Gasteiger partial charge in [0.15, 0.2) is 6.20 Å². The van der Waals surface area contributed by atoms with E-state index in [1.165, 1.54) is 11.1 Å². The van der Waals surface area contributed by atoms with Crippen molar-refractivity contribution in [2.75, 3.05) is 0 Å². The molecular formula is C14H19N2+. The highest BCUT2D eigenvalue weighted by molar-refractivity contribution is 5.64. The number of nitrogens with zero attached hydrogens (tertiary/aromatic N) is 2. The van der Waals surface area contributed by atoms with Gasteiger partial charge in [0.25, 0.3) is 0 Å². The van der Waals surface area contributed by atoms with Crippen molar-refractivity contribution in [3.8, 4) is 0 Å². The predicted octanol–water partition coefficient (Wildman–Crippen LogP) is 2.83. The van der Waals surface area contributed by atoms with Crippen LogP contribution in [0.15, 0.2) is 48.5 Å². The molecule has 0 aliphatic heterocycles. The lowest BCUT2D eigenvalue weighted by atomic mass is 10.1. The molecular weight excluding hydrogens is 196 g/mol. The van der Waals surface area contributed by atoms with Crippen LogP contribution in [0.4, 0.5) is 0 Å². The van der Waals surface area contributed by atoms with Crippen LogP contribution in [0.5, 0.6) is 0 Å². The molecule has 0 aliphatic carbocycles. The minimum atomic E-state index is 1.06. The van der Waals surface area contributed by atoms with E-state index in [2.05, 4.69) is 36.1 Å². The van der Waals surface area contributed by atoms with Crippen LogP contribution in [0.25, 0.3) is 5.57 Å². The standard InChI is InChI=1S/C14H19N2/c1-11(2)6-7-12(3)13(4)14-10-15-8-9-16(14)5/h6-10H,1H2,2-5H3/q+1. The van der Waals surface area contributed by atoms with Crippen molar-refractivity contribution in [1.29, 1.82) is 0 Å². The van der Waals surface area contributed by atoms with Crippen LogP contribution >= 0.6 is 0 Å². The molecule has 1 aromatic heterocycles. The third kappa shape index (κ3) is 3.16. The van der Waals surface area contributed by atoms with Gasteiger partial charge in [0.2, 0.25) is 5.69 Å². The average Bonchev–Trinajstić information content (AvgIpc) is 2.25. The Bertz CT molecular complexity index is 454. The number of aryl methyl sites for hydroxylation is 1. The summed E-state index contributed by atoms with van der Waals surface area (Å²) in [6.45, 7) is 10.0. The summed E-state index contributed by atoms with van der Waals surface area (Å²) in [5.74, 6) is 0. The smallest absolute Gasteiger partial charge is 0.226 e. The van der Waals surface area contributed by atoms with Crippen molar-refractivity contribution < 1.29 is 4.57 Å². The molecule has 1 rings (SSSR count). The zero-order valence-electron chi connectivity index (χ0n) is 10.5. The lowest BCUT2D eigenvalue weighted by molar-refractivity contribution is -0.674. The first kappa shape index (κ1) is 12.4. The zero-order chi connectivity index (χ0) is 12.1. The Morgan fingerprint density at radius 2 is 2.00 bits per heavy atom. The number of allylic oxidation sites excluding steroid dienone is 5. The molecule has 0 aromatic carbocycles. The number of rotatable bonds is 3. The Labute approximate surface area is 97.7 Å². The van der Waals surface area contributed by atoms with Gasteiger partial charge in [0, 0.05) is 5.57 Å². The van der Waals surface area contributed by atoms with E-state index in [4.69, 9.17) is 0 Å². The van der Waals surface area contributed by atoms with Gasteiger partial charge in [-0.3, -0.25) is 4.98 Å². The lowest BCUT2D eigenvalue weighted by Crippen LogP contribution is -2.32. The van der Waals surface area contributed by atoms with E-state index < -0.39 is 0 Å². The molecule has 0 N–H and O–H groups in total. The van der Waals surface area contributed by atoms with Gasteiger partial charge < -0.3 is 0 Å². The predicted molar refractivity (Wildman–Crippen MR) is 67.6 cm³/mol. The minimum Gasteiger partial charge on any atom is -0.252 e. The summed E-state index contributed by atoms with van der Waals surface area (Å²) < 4.78 is 2.07. The molecule has 0 amide bonds. The van der Waals surface area contributed by atoms with Gasteiger partial charge >= 0.3 is 0 Å². The summed E-state index contributed by atoms with van der Waals surface area (Å²) >= 11 is 0. The Kier molecular flexibility index (Phi) is 4.18. The molecule has 0 saturated carbocycles. The second kappa shape index (κ2) is 5.40. The molecule has 84 valence electrons. The van der Waals surface area contributed by atoms with E-state index >= 15 is 0 Å². The fraction of sp³-hybridized carbons (Fsp3) is 0.286. The average molecular weight is 215 g/mol. The van der Waals surface area contributed by atoms with E-state index in [1.54, 1.807) is 6.20 Å². The van der Waals surface area contributed by atoms with Crippen LogP contribution in [0.1, 0.15) is 26.5 Å². The summed E-state index contributed by atoms with van der Waals surface area (Å²) in [5.41, 5.74) is 4.65. The summed E-state index contributed by atoms with van der Waals surface area (Å²) in [6.07, 6.45) is 9.73. The number of hydrogen-bond donors (Lipinski definition) is 0. The summed E-state index contributed by atoms with van der Waals surface area (Å²) in [6, 6.07) is 0. The van der Waals surface area contributed by atoms with Crippen LogP contribution in [0.3, 0.4) is 0 Å². The molecule has 0 spiro atoms. The number of aromatic nitrogens is 2. The van der Waals surface area contributed by atoms with Gasteiger partial charge in [0.1, 0.15) is 7.05 Å². The molecule has 0 atom stereocenters. The van der Waals surface area contributed by atoms with Crippen molar-refractivity contribution in [3.05, 3.63) is 54.2 Å². The largest absolute Gasteiger partial charge is 0.252 e. The summed E-state index contributed by atoms with van der Waals surface area (Å²) in [5, 5.41) is 0. The highest BCUT2D eigenvalue weighted by Gasteiger charge is 2.09. The molecule has 2 nitrogen and oxygen atoms in total. The summed E-state index contributed by atoms with van der Waals surface area (Å²) in [4.78, 5) is 4.15. The lowest BCUT2D eigenvalue weighted by Gasteiger charge is -2.02. The van der Waals surface area contributed by atoms with E-state index in [1.807, 2.05) is 32.4 Å². The van der Waals surface area contributed by atoms with Crippen molar-refractivity contribution in [1.82, 2.24) is 4.98 Å². The maximum Gasteiger partial charge on any atom is 0.226 e. The van der Waals surface area contributed by atoms with Crippen LogP contribution in [0, 0.1) is 0 Å². The summed E-state index contributed by atoms with van der Waals surface area (Å²) in [7, 11) is 2.02. The molecule has 0 aliphatic rings. The third-order valence-corrected chi connectivity index (χ3v) is 2.55. The molecule has 0 radical (unpaired) electrons. The van der Waals surface area contributed by atoms with Gasteiger partial charge in [0.05, 0.1) is 12.4 Å². The van der Waals surface area contributed by atoms with Crippen LogP contribution in [-0.4, -0.2) is 4.98 Å². The minimum absolute atomic E-state index is 1.06. The van der Waals surface area contributed by atoms with Crippen molar-refractivity contribution in [2.45, 2.75) is 20.8 Å². The Morgan fingerprint density at radius 1 is 1.31 bits per heavy atom. The van der Waals surface area contributed by atoms with Crippen molar-refractivity contribution in [2.24, 2.45) is 7.05 Å². The SMILES string of the molecule is C=C(C)C=CC(C)=C(C)c1cncc[n+]1C. The Morgan fingerprint density at radius 3 is 2.56 bits per heavy atom. The van der Waals surface area contributed by atoms with Crippen LogP contribution in [0.2, 0.25) is 0 Å². The Hall–Kier alpha value is -1.70. The van der Waals surface area contributed by atoms with E-state index in [9.17, 15) is 0 Å². The molecule has 0 bridgehead atoms. The second-order valence-corrected chi connectivity index (χ2v) is 4.06. The van der Waals surface area contributed by atoms with Crippen LogP contribution < -0.4 is 4.57 Å². The van der Waals surface area contributed by atoms with Gasteiger partial charge in [-0.15, -0.1) is 0 Å². The Balaban J connectivity index is 3.09. The molecule has 0 saturated heterocycles. The molecule has 0 unspecified atom stereocenters. The molecule has 1 aromatic rings. The van der Waals surface area contributed by atoms with Gasteiger partial charge in [-0.25, -0.2) is 0 Å². The first-order valence-corrected chi connectivity index (χ1v) is 5.33. The first-order chi connectivity index (χ1) is 7.52. The van der Waals surface area contributed by atoms with Gasteiger partial charge in [-0.2, -0.15) is 4.57 Å². The third-order valence-electron chi connectivity index (χ3n) is 2.55. The zero-order valence-corrected chi connectivity index (χ0v) is 10.5. The van der Waals surface area contributed by atoms with Gasteiger partial charge in [-0.1, -0.05) is 24.3 Å². The fourth-order valence-electron chi connectivity index (χ4n) is 1.38. The molecule has 0 fully saturated rings. The van der Waals surface area contributed by atoms with Crippen molar-refractivity contribution in [3.63, 3.8) is 0 Å². The molecule has 16 heavy (non-hydrogen) atoms. The van der Waals surface area contributed by atoms with E-state index in [0.29, 0.717) is 0 Å². The van der Waals surface area contributed by atoms with Crippen molar-refractivity contribution >= 4 is 5.57 Å². The van der Waals surface area contributed by atoms with Gasteiger partial charge in [-0.05, 0) is 26.3 Å². The van der Waals surface area contributed by atoms with E-state index in [-0.39, 0.29) is 0 Å². The highest BCUT2D eigenvalue weighted by atomic mass is 14.9. The van der Waals surface area contributed by atoms with E-state index in [0.717, 1.165) is 11.3 Å². The normalized spacial score (nSPS) is 12.8. The van der Waals surface area contributed by atoms with Crippen LogP contribution in [-0.2, 0) is 7.05 Å². The molecule has 1 heterocycles. The first-order valence-electron chi connectivity index (χ1n) is 5.33. The maximum absolute atomic E-state index is 4.15. The second-order valence-electron chi connectivity index (χ2n) is 4.06. The highest BCUT2D eigenvalue weighted by Crippen LogP contribution is 2.14. The maximum atomic E-state index is 4.15. The topological polar surface area (TPSA) is 16.8 Å². The number of hydrogen-bond acceptors (Lipinski definition) is 1.